The Hall–Kier alpha value is -1.43. The molecule has 1 aliphatic rings. The molecule has 21 heavy (non-hydrogen) atoms. The summed E-state index contributed by atoms with van der Waals surface area (Å²) in [6.07, 6.45) is 0. The smallest absolute Gasteiger partial charge is 0.243 e. The van der Waals surface area contributed by atoms with Crippen LogP contribution in [0.15, 0.2) is 30.3 Å². The highest BCUT2D eigenvalue weighted by atomic mass is 16.1. The molecule has 1 aromatic rings. The number of rotatable bonds is 5. The van der Waals surface area contributed by atoms with Gasteiger partial charge in [0, 0.05) is 32.2 Å². The molecule has 1 aliphatic heterocycles. The minimum Gasteiger partial charge on any atom is -0.368 e. The Balaban J connectivity index is 2.13. The number of carbonyl (C=O) groups is 1. The molecule has 5 heteroatoms. The van der Waals surface area contributed by atoms with Crippen LogP contribution >= 0.6 is 0 Å². The number of likely N-dealkylation sites (N-methyl/N-ethyl adjacent to an activating group) is 1. The number of carbonyl (C=O) groups excluding carboxylic acids is 1. The van der Waals surface area contributed by atoms with E-state index >= 15 is 0 Å². The van der Waals surface area contributed by atoms with E-state index in [0.717, 1.165) is 31.7 Å². The molecule has 0 spiro atoms. The molecule has 0 aromatic heterocycles. The van der Waals surface area contributed by atoms with Gasteiger partial charge in [0.2, 0.25) is 5.91 Å². The first-order valence-electron chi connectivity index (χ1n) is 7.58. The summed E-state index contributed by atoms with van der Waals surface area (Å²) >= 11 is 0. The standard InChI is InChI=1S/C16H26N4O/c1-3-20-10-9-19(11-13(20)2)12-16(18,15(17)21)14-7-5-4-6-8-14/h4-8,13H,3,9-12,18H2,1-2H3,(H2,17,21). The number of piperazine rings is 1. The van der Waals surface area contributed by atoms with E-state index in [-0.39, 0.29) is 0 Å². The zero-order valence-electron chi connectivity index (χ0n) is 13.0. The summed E-state index contributed by atoms with van der Waals surface area (Å²) in [6.45, 7) is 8.73. The molecule has 0 bridgehead atoms. The van der Waals surface area contributed by atoms with E-state index in [1.807, 2.05) is 30.3 Å². The third-order valence-corrected chi connectivity index (χ3v) is 4.46. The summed E-state index contributed by atoms with van der Waals surface area (Å²) in [5, 5.41) is 0. The van der Waals surface area contributed by atoms with Crippen molar-refractivity contribution in [2.45, 2.75) is 25.4 Å². The molecule has 1 saturated heterocycles. The van der Waals surface area contributed by atoms with Crippen LogP contribution in [0.3, 0.4) is 0 Å². The summed E-state index contributed by atoms with van der Waals surface area (Å²) in [7, 11) is 0. The van der Waals surface area contributed by atoms with Gasteiger partial charge in [-0.3, -0.25) is 14.6 Å². The number of hydrogen-bond donors (Lipinski definition) is 2. The first-order chi connectivity index (χ1) is 9.97. The van der Waals surface area contributed by atoms with Crippen LogP contribution in [0.4, 0.5) is 0 Å². The van der Waals surface area contributed by atoms with Crippen LogP contribution in [0, 0.1) is 0 Å². The SMILES string of the molecule is CCN1CCN(CC(N)(C(N)=O)c2ccccc2)CC1C. The van der Waals surface area contributed by atoms with Crippen molar-refractivity contribution in [2.75, 3.05) is 32.7 Å². The molecule has 4 N–H and O–H groups in total. The molecular weight excluding hydrogens is 264 g/mol. The predicted molar refractivity (Wildman–Crippen MR) is 84.7 cm³/mol. The van der Waals surface area contributed by atoms with E-state index in [4.69, 9.17) is 11.5 Å². The Bertz CT molecular complexity index is 478. The molecule has 116 valence electrons. The van der Waals surface area contributed by atoms with Gasteiger partial charge in [-0.2, -0.15) is 0 Å². The molecule has 1 heterocycles. The van der Waals surface area contributed by atoms with Crippen molar-refractivity contribution in [1.29, 1.82) is 0 Å². The summed E-state index contributed by atoms with van der Waals surface area (Å²) in [4.78, 5) is 16.6. The van der Waals surface area contributed by atoms with E-state index in [2.05, 4.69) is 23.6 Å². The number of nitrogens with zero attached hydrogens (tertiary/aromatic N) is 2. The molecule has 0 radical (unpaired) electrons. The van der Waals surface area contributed by atoms with Crippen molar-refractivity contribution in [3.8, 4) is 0 Å². The molecule has 5 nitrogen and oxygen atoms in total. The number of amides is 1. The molecule has 1 aromatic carbocycles. The molecule has 2 rings (SSSR count). The number of benzene rings is 1. The zero-order valence-corrected chi connectivity index (χ0v) is 13.0. The number of primary amides is 1. The van der Waals surface area contributed by atoms with Gasteiger partial charge in [0.1, 0.15) is 5.54 Å². The maximum Gasteiger partial charge on any atom is 0.243 e. The van der Waals surface area contributed by atoms with Crippen LogP contribution in [0.5, 0.6) is 0 Å². The largest absolute Gasteiger partial charge is 0.368 e. The van der Waals surface area contributed by atoms with Crippen molar-refractivity contribution in [2.24, 2.45) is 11.5 Å². The molecule has 1 fully saturated rings. The molecule has 2 atom stereocenters. The summed E-state index contributed by atoms with van der Waals surface area (Å²) in [6, 6.07) is 9.89. The first kappa shape index (κ1) is 15.9. The lowest BCUT2D eigenvalue weighted by Crippen LogP contribution is -2.60. The van der Waals surface area contributed by atoms with Crippen LogP contribution in [-0.2, 0) is 10.3 Å². The lowest BCUT2D eigenvalue weighted by molar-refractivity contribution is -0.124. The third kappa shape index (κ3) is 3.43. The van der Waals surface area contributed by atoms with Crippen molar-refractivity contribution in [3.63, 3.8) is 0 Å². The summed E-state index contributed by atoms with van der Waals surface area (Å²) < 4.78 is 0. The van der Waals surface area contributed by atoms with Gasteiger partial charge in [0.25, 0.3) is 0 Å². The van der Waals surface area contributed by atoms with E-state index in [1.165, 1.54) is 0 Å². The van der Waals surface area contributed by atoms with Crippen molar-refractivity contribution >= 4 is 5.91 Å². The Morgan fingerprint density at radius 2 is 2.00 bits per heavy atom. The van der Waals surface area contributed by atoms with Gasteiger partial charge < -0.3 is 11.5 Å². The van der Waals surface area contributed by atoms with E-state index in [0.29, 0.717) is 12.6 Å². The van der Waals surface area contributed by atoms with Crippen LogP contribution in [0.1, 0.15) is 19.4 Å². The lowest BCUT2D eigenvalue weighted by Gasteiger charge is -2.42. The fourth-order valence-electron chi connectivity index (χ4n) is 3.08. The van der Waals surface area contributed by atoms with Crippen molar-refractivity contribution in [1.82, 2.24) is 9.80 Å². The van der Waals surface area contributed by atoms with Gasteiger partial charge in [0.05, 0.1) is 0 Å². The lowest BCUT2D eigenvalue weighted by atomic mass is 9.89. The second-order valence-corrected chi connectivity index (χ2v) is 5.91. The third-order valence-electron chi connectivity index (χ3n) is 4.46. The molecule has 2 unspecified atom stereocenters. The van der Waals surface area contributed by atoms with Crippen LogP contribution in [-0.4, -0.2) is 54.5 Å². The van der Waals surface area contributed by atoms with Gasteiger partial charge >= 0.3 is 0 Å². The second kappa shape index (κ2) is 6.56. The average molecular weight is 290 g/mol. The van der Waals surface area contributed by atoms with Crippen LogP contribution in [0.25, 0.3) is 0 Å². The summed E-state index contributed by atoms with van der Waals surface area (Å²) in [5.41, 5.74) is 11.6. The topological polar surface area (TPSA) is 75.6 Å². The maximum atomic E-state index is 12.0. The highest BCUT2D eigenvalue weighted by Gasteiger charge is 2.37. The minimum atomic E-state index is -1.13. The molecule has 1 amide bonds. The molecular formula is C16H26N4O. The Morgan fingerprint density at radius 1 is 1.33 bits per heavy atom. The van der Waals surface area contributed by atoms with Gasteiger partial charge in [-0.05, 0) is 19.0 Å². The zero-order chi connectivity index (χ0) is 15.5. The Morgan fingerprint density at radius 3 is 2.52 bits per heavy atom. The quantitative estimate of drug-likeness (QED) is 0.820. The van der Waals surface area contributed by atoms with Crippen LogP contribution in [0.2, 0.25) is 0 Å². The highest BCUT2D eigenvalue weighted by Crippen LogP contribution is 2.21. The fraction of sp³-hybridized carbons (Fsp3) is 0.562. The minimum absolute atomic E-state index is 0.467. The van der Waals surface area contributed by atoms with E-state index < -0.39 is 11.4 Å². The number of nitrogens with two attached hydrogens (primary N) is 2. The molecule has 0 saturated carbocycles. The average Bonchev–Trinajstić information content (AvgIpc) is 2.48. The predicted octanol–water partition coefficient (Wildman–Crippen LogP) is 0.352. The highest BCUT2D eigenvalue weighted by molar-refractivity contribution is 5.86. The maximum absolute atomic E-state index is 12.0. The Kier molecular flexibility index (Phi) is 4.98. The summed E-state index contributed by atoms with van der Waals surface area (Å²) in [5.74, 6) is -0.473. The van der Waals surface area contributed by atoms with E-state index in [9.17, 15) is 4.79 Å². The van der Waals surface area contributed by atoms with Gasteiger partial charge in [0.15, 0.2) is 0 Å². The van der Waals surface area contributed by atoms with E-state index in [1.54, 1.807) is 0 Å². The van der Waals surface area contributed by atoms with Crippen molar-refractivity contribution in [3.05, 3.63) is 35.9 Å². The van der Waals surface area contributed by atoms with Gasteiger partial charge in [-0.15, -0.1) is 0 Å². The Labute approximate surface area is 126 Å². The van der Waals surface area contributed by atoms with Gasteiger partial charge in [-0.1, -0.05) is 37.3 Å². The van der Waals surface area contributed by atoms with Crippen LogP contribution < -0.4 is 11.5 Å². The normalized spacial score (nSPS) is 23.7. The number of hydrogen-bond acceptors (Lipinski definition) is 4. The monoisotopic (exact) mass is 290 g/mol. The van der Waals surface area contributed by atoms with Crippen molar-refractivity contribution < 1.29 is 4.79 Å². The second-order valence-electron chi connectivity index (χ2n) is 5.91. The first-order valence-corrected chi connectivity index (χ1v) is 7.58. The van der Waals surface area contributed by atoms with Gasteiger partial charge in [-0.25, -0.2) is 0 Å². The fourth-order valence-corrected chi connectivity index (χ4v) is 3.08. The molecule has 0 aliphatic carbocycles.